The molecule has 5 heteroatoms. The lowest BCUT2D eigenvalue weighted by Crippen LogP contribution is -2.54. The number of carboxylic acid groups (broad SMARTS) is 1. The molecule has 0 aromatic carbocycles. The maximum atomic E-state index is 12.7. The first-order chi connectivity index (χ1) is 9.27. The lowest BCUT2D eigenvalue weighted by atomic mass is 9.76. The molecule has 1 saturated heterocycles. The number of carboxylic acids is 1. The van der Waals surface area contributed by atoms with Gasteiger partial charge in [-0.3, -0.25) is 4.79 Å². The van der Waals surface area contributed by atoms with Gasteiger partial charge in [0.2, 0.25) is 5.91 Å². The van der Waals surface area contributed by atoms with E-state index in [2.05, 4.69) is 0 Å². The van der Waals surface area contributed by atoms with E-state index in [-0.39, 0.29) is 24.2 Å². The van der Waals surface area contributed by atoms with Crippen LogP contribution in [0.4, 0.5) is 0 Å². The van der Waals surface area contributed by atoms with Crippen LogP contribution in [0.2, 0.25) is 0 Å². The third kappa shape index (κ3) is 2.68. The monoisotopic (exact) mass is 283 g/mol. The summed E-state index contributed by atoms with van der Waals surface area (Å²) >= 11 is 0. The number of hydrogen-bond donors (Lipinski definition) is 2. The highest BCUT2D eigenvalue weighted by atomic mass is 16.4. The molecule has 0 radical (unpaired) electrons. The van der Waals surface area contributed by atoms with Crippen LogP contribution in [0.3, 0.4) is 0 Å². The molecule has 0 aromatic heterocycles. The van der Waals surface area contributed by atoms with E-state index in [1.54, 1.807) is 4.90 Å². The highest BCUT2D eigenvalue weighted by Crippen LogP contribution is 2.41. The Morgan fingerprint density at radius 1 is 1.15 bits per heavy atom. The fourth-order valence-electron chi connectivity index (χ4n) is 3.52. The minimum atomic E-state index is -1.66. The van der Waals surface area contributed by atoms with Gasteiger partial charge < -0.3 is 15.1 Å². The molecule has 5 nitrogen and oxygen atoms in total. The van der Waals surface area contributed by atoms with Crippen molar-refractivity contribution in [1.29, 1.82) is 0 Å². The molecular formula is C15H25NO4. The van der Waals surface area contributed by atoms with Gasteiger partial charge in [-0.15, -0.1) is 0 Å². The Bertz CT molecular complexity index is 391. The van der Waals surface area contributed by atoms with Gasteiger partial charge in [-0.1, -0.05) is 26.7 Å². The number of likely N-dealkylation sites (tertiary alicyclic amines) is 1. The van der Waals surface area contributed by atoms with E-state index < -0.39 is 11.6 Å². The molecular weight excluding hydrogens is 258 g/mol. The predicted molar refractivity (Wildman–Crippen MR) is 74.1 cm³/mol. The maximum absolute atomic E-state index is 12.7. The fourth-order valence-corrected chi connectivity index (χ4v) is 3.52. The average Bonchev–Trinajstić information content (AvgIpc) is 2.93. The minimum absolute atomic E-state index is 0.108. The average molecular weight is 283 g/mol. The first-order valence-electron chi connectivity index (χ1n) is 7.52. The van der Waals surface area contributed by atoms with E-state index in [9.17, 15) is 14.7 Å². The summed E-state index contributed by atoms with van der Waals surface area (Å²) in [5, 5.41) is 18.9. The molecule has 114 valence electrons. The molecule has 2 N–H and O–H groups in total. The largest absolute Gasteiger partial charge is 0.479 e. The Morgan fingerprint density at radius 2 is 1.65 bits per heavy atom. The molecule has 1 saturated carbocycles. The molecule has 2 aliphatic rings. The van der Waals surface area contributed by atoms with Crippen LogP contribution in [-0.4, -0.2) is 45.7 Å². The van der Waals surface area contributed by atoms with Crippen molar-refractivity contribution in [2.75, 3.05) is 13.1 Å². The number of carbonyl (C=O) groups is 2. The molecule has 1 aliphatic heterocycles. The van der Waals surface area contributed by atoms with E-state index >= 15 is 0 Å². The number of nitrogens with zero attached hydrogens (tertiary/aromatic N) is 1. The summed E-state index contributed by atoms with van der Waals surface area (Å²) in [7, 11) is 0. The van der Waals surface area contributed by atoms with Crippen LogP contribution in [0.15, 0.2) is 0 Å². The van der Waals surface area contributed by atoms with Gasteiger partial charge in [0.15, 0.2) is 5.60 Å². The summed E-state index contributed by atoms with van der Waals surface area (Å²) in [5.74, 6) is -0.647. The van der Waals surface area contributed by atoms with Crippen molar-refractivity contribution in [2.24, 2.45) is 11.3 Å². The summed E-state index contributed by atoms with van der Waals surface area (Å²) in [4.78, 5) is 25.4. The Labute approximate surface area is 120 Å². The van der Waals surface area contributed by atoms with Gasteiger partial charge in [-0.25, -0.2) is 4.79 Å². The Kier molecular flexibility index (Phi) is 4.09. The Morgan fingerprint density at radius 3 is 2.10 bits per heavy atom. The van der Waals surface area contributed by atoms with Crippen LogP contribution in [-0.2, 0) is 9.59 Å². The number of carbonyl (C=O) groups excluding carboxylic acids is 1. The van der Waals surface area contributed by atoms with Gasteiger partial charge in [0.25, 0.3) is 0 Å². The summed E-state index contributed by atoms with van der Waals surface area (Å²) in [5.41, 5.74) is -2.04. The molecule has 20 heavy (non-hydrogen) atoms. The zero-order valence-corrected chi connectivity index (χ0v) is 12.4. The third-order valence-corrected chi connectivity index (χ3v) is 5.20. The van der Waals surface area contributed by atoms with Gasteiger partial charge in [0.1, 0.15) is 0 Å². The Hall–Kier alpha value is -1.10. The quantitative estimate of drug-likeness (QED) is 0.825. The highest BCUT2D eigenvalue weighted by molar-refractivity contribution is 5.83. The molecule has 0 atom stereocenters. The van der Waals surface area contributed by atoms with Crippen molar-refractivity contribution < 1.29 is 19.8 Å². The number of rotatable bonds is 3. The topological polar surface area (TPSA) is 77.8 Å². The molecule has 1 amide bonds. The van der Waals surface area contributed by atoms with E-state index in [1.807, 2.05) is 13.8 Å². The number of piperidine rings is 1. The van der Waals surface area contributed by atoms with Gasteiger partial charge in [-0.05, 0) is 18.8 Å². The molecule has 1 heterocycles. The number of aliphatic carboxylic acids is 1. The van der Waals surface area contributed by atoms with Gasteiger partial charge in [0.05, 0.1) is 0 Å². The fraction of sp³-hybridized carbons (Fsp3) is 0.867. The van der Waals surface area contributed by atoms with E-state index in [0.29, 0.717) is 19.0 Å². The van der Waals surface area contributed by atoms with Crippen molar-refractivity contribution in [3.8, 4) is 0 Å². The van der Waals surface area contributed by atoms with Crippen molar-refractivity contribution in [3.63, 3.8) is 0 Å². The Balaban J connectivity index is 1.99. The molecule has 0 spiro atoms. The van der Waals surface area contributed by atoms with E-state index in [1.165, 1.54) is 12.8 Å². The van der Waals surface area contributed by atoms with Crippen LogP contribution >= 0.6 is 0 Å². The standard InChI is InChI=1S/C15H25NO4/c1-14(2,11-5-3-4-6-11)12(17)16-9-7-15(20,8-10-16)13(18)19/h11,20H,3-10H2,1-2H3,(H,18,19). The summed E-state index contributed by atoms with van der Waals surface area (Å²) < 4.78 is 0. The highest BCUT2D eigenvalue weighted by Gasteiger charge is 2.45. The zero-order chi connectivity index (χ0) is 15.0. The van der Waals surface area contributed by atoms with Crippen molar-refractivity contribution in [2.45, 2.75) is 58.0 Å². The lowest BCUT2D eigenvalue weighted by Gasteiger charge is -2.41. The minimum Gasteiger partial charge on any atom is -0.479 e. The normalized spacial score (nSPS) is 23.9. The second-order valence-corrected chi connectivity index (χ2v) is 6.83. The second-order valence-electron chi connectivity index (χ2n) is 6.83. The zero-order valence-electron chi connectivity index (χ0n) is 12.4. The van der Waals surface area contributed by atoms with Crippen LogP contribution in [0, 0.1) is 11.3 Å². The molecule has 0 bridgehead atoms. The summed E-state index contributed by atoms with van der Waals surface area (Å²) in [6.45, 7) is 4.67. The molecule has 0 unspecified atom stereocenters. The third-order valence-electron chi connectivity index (χ3n) is 5.20. The first-order valence-corrected chi connectivity index (χ1v) is 7.52. The molecule has 2 rings (SSSR count). The van der Waals surface area contributed by atoms with Gasteiger partial charge >= 0.3 is 5.97 Å². The predicted octanol–water partition coefficient (Wildman–Crippen LogP) is 1.64. The smallest absolute Gasteiger partial charge is 0.335 e. The molecule has 1 aliphatic carbocycles. The number of aliphatic hydroxyl groups is 1. The van der Waals surface area contributed by atoms with Crippen molar-refractivity contribution >= 4 is 11.9 Å². The van der Waals surface area contributed by atoms with Gasteiger partial charge in [0, 0.05) is 31.3 Å². The molecule has 2 fully saturated rings. The van der Waals surface area contributed by atoms with E-state index in [0.717, 1.165) is 12.8 Å². The number of hydrogen-bond acceptors (Lipinski definition) is 3. The van der Waals surface area contributed by atoms with E-state index in [4.69, 9.17) is 5.11 Å². The first kappa shape index (κ1) is 15.3. The lowest BCUT2D eigenvalue weighted by molar-refractivity contribution is -0.167. The summed E-state index contributed by atoms with van der Waals surface area (Å²) in [6, 6.07) is 0. The maximum Gasteiger partial charge on any atom is 0.335 e. The summed E-state index contributed by atoms with van der Waals surface area (Å²) in [6.07, 6.45) is 4.83. The SMILES string of the molecule is CC(C)(C(=O)N1CCC(O)(C(=O)O)CC1)C1CCCC1. The number of amides is 1. The van der Waals surface area contributed by atoms with Crippen molar-refractivity contribution in [1.82, 2.24) is 4.90 Å². The molecule has 0 aromatic rings. The van der Waals surface area contributed by atoms with Gasteiger partial charge in [-0.2, -0.15) is 0 Å². The van der Waals surface area contributed by atoms with Crippen LogP contribution in [0.25, 0.3) is 0 Å². The van der Waals surface area contributed by atoms with Crippen LogP contribution in [0.5, 0.6) is 0 Å². The van der Waals surface area contributed by atoms with Crippen LogP contribution < -0.4 is 0 Å². The van der Waals surface area contributed by atoms with Crippen LogP contribution in [0.1, 0.15) is 52.4 Å². The second kappa shape index (κ2) is 5.35. The van der Waals surface area contributed by atoms with Crippen molar-refractivity contribution in [3.05, 3.63) is 0 Å².